The summed E-state index contributed by atoms with van der Waals surface area (Å²) in [6.45, 7) is 4.19. The molecule has 2 aliphatic rings. The first kappa shape index (κ1) is 20.3. The Balaban J connectivity index is 1.54. The smallest absolute Gasteiger partial charge is 0.328 e. The Labute approximate surface area is 179 Å². The Morgan fingerprint density at radius 3 is 2.60 bits per heavy atom. The maximum atomic E-state index is 13.3. The second-order valence-electron chi connectivity index (χ2n) is 7.40. The van der Waals surface area contributed by atoms with Crippen LogP contribution in [0.1, 0.15) is 25.2 Å². The van der Waals surface area contributed by atoms with Gasteiger partial charge in [0.2, 0.25) is 11.8 Å². The zero-order valence-electron chi connectivity index (χ0n) is 16.8. The first-order valence-electron chi connectivity index (χ1n) is 9.74. The van der Waals surface area contributed by atoms with Crippen molar-refractivity contribution < 1.29 is 18.8 Å². The SMILES string of the molecule is CC1=C(C)C2C(=O)N(Cc3ccccc3)C(=O)N(CC(=O)NCc3ccco3)C2S1. The molecule has 156 valence electrons. The van der Waals surface area contributed by atoms with Crippen molar-refractivity contribution in [2.45, 2.75) is 32.3 Å². The molecule has 2 unspecified atom stereocenters. The number of nitrogens with one attached hydrogen (secondary N) is 1. The van der Waals surface area contributed by atoms with Gasteiger partial charge in [-0.25, -0.2) is 4.79 Å². The third-order valence-corrected chi connectivity index (χ3v) is 6.90. The van der Waals surface area contributed by atoms with Crippen LogP contribution in [-0.4, -0.2) is 39.6 Å². The molecular weight excluding hydrogens is 402 g/mol. The van der Waals surface area contributed by atoms with Gasteiger partial charge in [-0.1, -0.05) is 30.3 Å². The number of rotatable bonds is 6. The lowest BCUT2D eigenvalue weighted by Crippen LogP contribution is -2.61. The summed E-state index contributed by atoms with van der Waals surface area (Å²) >= 11 is 1.48. The van der Waals surface area contributed by atoms with Crippen molar-refractivity contribution in [2.24, 2.45) is 5.92 Å². The number of fused-ring (bicyclic) bond motifs is 1. The molecule has 1 aromatic heterocycles. The third-order valence-electron chi connectivity index (χ3n) is 5.46. The van der Waals surface area contributed by atoms with Crippen molar-refractivity contribution in [3.05, 3.63) is 70.5 Å². The average molecular weight is 426 g/mol. The number of nitrogens with zero attached hydrogens (tertiary/aromatic N) is 2. The van der Waals surface area contributed by atoms with Crippen molar-refractivity contribution >= 4 is 29.6 Å². The van der Waals surface area contributed by atoms with Crippen LogP contribution >= 0.6 is 11.8 Å². The summed E-state index contributed by atoms with van der Waals surface area (Å²) in [4.78, 5) is 42.8. The van der Waals surface area contributed by atoms with Crippen LogP contribution in [0, 0.1) is 5.92 Å². The largest absolute Gasteiger partial charge is 0.467 e. The summed E-state index contributed by atoms with van der Waals surface area (Å²) in [5.74, 6) is -0.303. The van der Waals surface area contributed by atoms with Gasteiger partial charge in [0.1, 0.15) is 12.3 Å². The summed E-state index contributed by atoms with van der Waals surface area (Å²) in [6.07, 6.45) is 1.54. The van der Waals surface area contributed by atoms with Gasteiger partial charge in [-0.2, -0.15) is 0 Å². The van der Waals surface area contributed by atoms with Crippen LogP contribution in [0.4, 0.5) is 4.79 Å². The summed E-state index contributed by atoms with van der Waals surface area (Å²) in [5.41, 5.74) is 1.82. The molecule has 1 aromatic carbocycles. The number of imide groups is 1. The van der Waals surface area contributed by atoms with Crippen molar-refractivity contribution in [3.63, 3.8) is 0 Å². The van der Waals surface area contributed by atoms with Gasteiger partial charge in [-0.05, 0) is 42.0 Å². The van der Waals surface area contributed by atoms with Gasteiger partial charge in [-0.15, -0.1) is 11.8 Å². The summed E-state index contributed by atoms with van der Waals surface area (Å²) in [6, 6.07) is 12.5. The molecule has 2 atom stereocenters. The first-order valence-corrected chi connectivity index (χ1v) is 10.6. The molecule has 2 aromatic rings. The monoisotopic (exact) mass is 425 g/mol. The van der Waals surface area contributed by atoms with Crippen LogP contribution in [0.5, 0.6) is 0 Å². The maximum Gasteiger partial charge on any atom is 0.328 e. The molecule has 0 saturated carbocycles. The molecule has 0 aliphatic carbocycles. The summed E-state index contributed by atoms with van der Waals surface area (Å²) in [5, 5.41) is 2.38. The predicted molar refractivity (Wildman–Crippen MR) is 113 cm³/mol. The lowest BCUT2D eigenvalue weighted by Gasteiger charge is -2.41. The molecule has 1 saturated heterocycles. The highest BCUT2D eigenvalue weighted by Gasteiger charge is 2.51. The van der Waals surface area contributed by atoms with E-state index in [1.54, 1.807) is 18.4 Å². The number of amides is 4. The van der Waals surface area contributed by atoms with Crippen LogP contribution in [0.15, 0.2) is 63.6 Å². The number of thioether (sulfide) groups is 1. The van der Waals surface area contributed by atoms with E-state index in [4.69, 9.17) is 4.42 Å². The average Bonchev–Trinajstić information content (AvgIpc) is 3.36. The van der Waals surface area contributed by atoms with Crippen LogP contribution in [0.2, 0.25) is 0 Å². The predicted octanol–water partition coefficient (Wildman–Crippen LogP) is 3.34. The minimum Gasteiger partial charge on any atom is -0.467 e. The van der Waals surface area contributed by atoms with Gasteiger partial charge in [0.05, 0.1) is 30.6 Å². The second kappa shape index (κ2) is 8.39. The van der Waals surface area contributed by atoms with Crippen LogP contribution in [0.3, 0.4) is 0 Å². The lowest BCUT2D eigenvalue weighted by atomic mass is 9.95. The van der Waals surface area contributed by atoms with Crippen molar-refractivity contribution in [2.75, 3.05) is 6.54 Å². The first-order chi connectivity index (χ1) is 14.5. The number of hydrogen-bond acceptors (Lipinski definition) is 5. The van der Waals surface area contributed by atoms with E-state index in [9.17, 15) is 14.4 Å². The van der Waals surface area contributed by atoms with E-state index in [-0.39, 0.29) is 31.4 Å². The van der Waals surface area contributed by atoms with Gasteiger partial charge in [-0.3, -0.25) is 14.5 Å². The molecule has 1 N–H and O–H groups in total. The fraction of sp³-hybridized carbons (Fsp3) is 0.318. The summed E-state index contributed by atoms with van der Waals surface area (Å²) in [7, 11) is 0. The molecule has 4 amide bonds. The van der Waals surface area contributed by atoms with Crippen LogP contribution < -0.4 is 5.32 Å². The molecule has 30 heavy (non-hydrogen) atoms. The number of furan rings is 1. The Morgan fingerprint density at radius 2 is 1.90 bits per heavy atom. The fourth-order valence-corrected chi connectivity index (χ4v) is 5.15. The van der Waals surface area contributed by atoms with E-state index in [2.05, 4.69) is 5.32 Å². The normalized spacial score (nSPS) is 21.3. The van der Waals surface area contributed by atoms with E-state index in [0.717, 1.165) is 16.0 Å². The zero-order valence-corrected chi connectivity index (χ0v) is 17.6. The van der Waals surface area contributed by atoms with Crippen molar-refractivity contribution in [1.82, 2.24) is 15.1 Å². The number of benzene rings is 1. The molecule has 2 aliphatic heterocycles. The minimum absolute atomic E-state index is 0.118. The second-order valence-corrected chi connectivity index (χ2v) is 8.73. The quantitative estimate of drug-likeness (QED) is 0.768. The Bertz CT molecular complexity index is 987. The van der Waals surface area contributed by atoms with Gasteiger partial charge in [0, 0.05) is 0 Å². The third kappa shape index (κ3) is 3.87. The van der Waals surface area contributed by atoms with Gasteiger partial charge in [0.15, 0.2) is 0 Å². The zero-order chi connectivity index (χ0) is 21.3. The number of hydrogen-bond donors (Lipinski definition) is 1. The summed E-state index contributed by atoms with van der Waals surface area (Å²) < 4.78 is 5.23. The van der Waals surface area contributed by atoms with E-state index >= 15 is 0 Å². The molecule has 3 heterocycles. The topological polar surface area (TPSA) is 82.9 Å². The highest BCUT2D eigenvalue weighted by Crippen LogP contribution is 2.46. The number of allylic oxidation sites excluding steroid dienone is 1. The maximum absolute atomic E-state index is 13.3. The van der Waals surface area contributed by atoms with Gasteiger partial charge >= 0.3 is 6.03 Å². The lowest BCUT2D eigenvalue weighted by molar-refractivity contribution is -0.137. The Hall–Kier alpha value is -3.00. The molecule has 1 fully saturated rings. The van der Waals surface area contributed by atoms with E-state index in [1.807, 2.05) is 44.2 Å². The van der Waals surface area contributed by atoms with Crippen molar-refractivity contribution in [3.8, 4) is 0 Å². The van der Waals surface area contributed by atoms with E-state index < -0.39 is 17.3 Å². The number of carbonyl (C=O) groups is 3. The molecule has 8 heteroatoms. The Morgan fingerprint density at radius 1 is 1.13 bits per heavy atom. The molecule has 7 nitrogen and oxygen atoms in total. The standard InChI is InChI=1S/C22H23N3O4S/c1-14-15(2)30-21-19(14)20(27)24(12-16-7-4-3-5-8-16)22(28)25(21)13-18(26)23-11-17-9-6-10-29-17/h3-10,19,21H,11-13H2,1-2H3,(H,23,26). The van der Waals surface area contributed by atoms with Gasteiger partial charge in [0.25, 0.3) is 0 Å². The number of urea groups is 1. The molecule has 4 rings (SSSR count). The van der Waals surface area contributed by atoms with E-state index in [1.165, 1.54) is 21.6 Å². The van der Waals surface area contributed by atoms with Crippen molar-refractivity contribution in [1.29, 1.82) is 0 Å². The molecule has 0 spiro atoms. The fourth-order valence-electron chi connectivity index (χ4n) is 3.73. The molecular formula is C22H23N3O4S. The highest BCUT2D eigenvalue weighted by molar-refractivity contribution is 8.03. The number of carbonyl (C=O) groups excluding carboxylic acids is 3. The van der Waals surface area contributed by atoms with E-state index in [0.29, 0.717) is 5.76 Å². The Kier molecular flexibility index (Phi) is 5.67. The van der Waals surface area contributed by atoms with Crippen LogP contribution in [-0.2, 0) is 22.7 Å². The molecule has 0 bridgehead atoms. The van der Waals surface area contributed by atoms with Crippen LogP contribution in [0.25, 0.3) is 0 Å². The van der Waals surface area contributed by atoms with Gasteiger partial charge < -0.3 is 14.6 Å². The molecule has 0 radical (unpaired) electrons. The highest BCUT2D eigenvalue weighted by atomic mass is 32.2. The minimum atomic E-state index is -0.437.